The van der Waals surface area contributed by atoms with Gasteiger partial charge >= 0.3 is 6.18 Å². The van der Waals surface area contributed by atoms with Crippen molar-refractivity contribution in [2.24, 2.45) is 0 Å². The first kappa shape index (κ1) is 7.05. The fourth-order valence-electron chi connectivity index (χ4n) is 0.484. The van der Waals surface area contributed by atoms with Crippen molar-refractivity contribution in [3.05, 3.63) is 30.1 Å². The molecule has 0 spiro atoms. The van der Waals surface area contributed by atoms with Crippen LogP contribution < -0.4 is 0 Å². The van der Waals surface area contributed by atoms with Crippen molar-refractivity contribution < 1.29 is 13.2 Å². The Morgan fingerprint density at radius 2 is 2.10 bits per heavy atom. The van der Waals surface area contributed by atoms with E-state index in [9.17, 15) is 13.2 Å². The van der Waals surface area contributed by atoms with E-state index in [1.807, 2.05) is 0 Å². The lowest BCUT2D eigenvalue weighted by Crippen LogP contribution is -2.06. The van der Waals surface area contributed by atoms with Gasteiger partial charge in [0.2, 0.25) is 0 Å². The quantitative estimate of drug-likeness (QED) is 0.544. The number of halogens is 3. The second-order valence-corrected chi connectivity index (χ2v) is 1.65. The van der Waals surface area contributed by atoms with Crippen LogP contribution in [-0.4, -0.2) is 4.98 Å². The number of hydrogen-bond donors (Lipinski definition) is 0. The summed E-state index contributed by atoms with van der Waals surface area (Å²) in [4.78, 5) is 3.00. The molecule has 10 heavy (non-hydrogen) atoms. The highest BCUT2D eigenvalue weighted by atomic mass is 19.4. The largest absolute Gasteiger partial charge is 0.433 e. The van der Waals surface area contributed by atoms with Crippen LogP contribution in [0.2, 0.25) is 0 Å². The molecule has 0 aliphatic carbocycles. The summed E-state index contributed by atoms with van der Waals surface area (Å²) in [6.45, 7) is 0. The molecular weight excluding hydrogens is 143 g/mol. The van der Waals surface area contributed by atoms with E-state index in [4.69, 9.17) is 0 Å². The Kier molecular flexibility index (Phi) is 1.61. The summed E-state index contributed by atoms with van der Waals surface area (Å²) in [6, 6.07) is 3.46. The molecular formula is C6H3F3N. The second kappa shape index (κ2) is 2.28. The Morgan fingerprint density at radius 3 is 2.40 bits per heavy atom. The third-order valence-electron chi connectivity index (χ3n) is 0.900. The topological polar surface area (TPSA) is 12.9 Å². The molecule has 4 heteroatoms. The van der Waals surface area contributed by atoms with Crippen molar-refractivity contribution >= 4 is 0 Å². The summed E-state index contributed by atoms with van der Waals surface area (Å²) in [5.74, 6) is 0. The van der Waals surface area contributed by atoms with E-state index >= 15 is 0 Å². The molecule has 0 aliphatic heterocycles. The average Bonchev–Trinajstić information content (AvgIpc) is 1.88. The Bertz CT molecular complexity index is 204. The van der Waals surface area contributed by atoms with Crippen molar-refractivity contribution in [1.82, 2.24) is 4.98 Å². The van der Waals surface area contributed by atoms with Crippen molar-refractivity contribution in [2.45, 2.75) is 6.18 Å². The molecule has 1 radical (unpaired) electrons. The summed E-state index contributed by atoms with van der Waals surface area (Å²) in [7, 11) is 0. The first-order chi connectivity index (χ1) is 4.61. The lowest BCUT2D eigenvalue weighted by Gasteiger charge is -2.02. The smallest absolute Gasteiger partial charge is 0.242 e. The maximum atomic E-state index is 11.7. The highest BCUT2D eigenvalue weighted by molar-refractivity contribution is 5.05. The van der Waals surface area contributed by atoms with Crippen molar-refractivity contribution in [3.63, 3.8) is 0 Å². The predicted octanol–water partition coefficient (Wildman–Crippen LogP) is 1.90. The minimum atomic E-state index is -4.35. The Labute approximate surface area is 55.5 Å². The Balaban J connectivity index is 2.97. The molecule has 0 saturated heterocycles. The second-order valence-electron chi connectivity index (χ2n) is 1.65. The molecule has 0 unspecified atom stereocenters. The summed E-state index contributed by atoms with van der Waals surface area (Å²) >= 11 is 0. The highest BCUT2D eigenvalue weighted by Gasteiger charge is 2.31. The molecule has 1 nitrogen and oxygen atoms in total. The molecule has 1 rings (SSSR count). The molecule has 0 bridgehead atoms. The van der Waals surface area contributed by atoms with E-state index < -0.39 is 11.9 Å². The Morgan fingerprint density at radius 1 is 1.40 bits per heavy atom. The van der Waals surface area contributed by atoms with Crippen molar-refractivity contribution in [2.75, 3.05) is 0 Å². The maximum absolute atomic E-state index is 11.7. The molecule has 0 N–H and O–H groups in total. The minimum Gasteiger partial charge on any atom is -0.242 e. The van der Waals surface area contributed by atoms with Gasteiger partial charge in [-0.3, -0.25) is 0 Å². The first-order valence-electron chi connectivity index (χ1n) is 2.51. The fraction of sp³-hybridized carbons (Fsp3) is 0.167. The predicted molar refractivity (Wildman–Crippen MR) is 28.1 cm³/mol. The highest BCUT2D eigenvalue weighted by Crippen LogP contribution is 2.26. The lowest BCUT2D eigenvalue weighted by atomic mass is 10.3. The van der Waals surface area contributed by atoms with Gasteiger partial charge in [0.1, 0.15) is 5.69 Å². The van der Waals surface area contributed by atoms with Gasteiger partial charge in [-0.2, -0.15) is 13.2 Å². The van der Waals surface area contributed by atoms with Gasteiger partial charge in [-0.15, -0.1) is 0 Å². The number of aromatic nitrogens is 1. The molecule has 0 amide bonds. The Hall–Kier alpha value is -1.06. The van der Waals surface area contributed by atoms with Crippen molar-refractivity contribution in [1.29, 1.82) is 0 Å². The number of pyridine rings is 1. The molecule has 53 valence electrons. The van der Waals surface area contributed by atoms with Crippen LogP contribution in [0.25, 0.3) is 0 Å². The van der Waals surface area contributed by atoms with Crippen LogP contribution in [0.1, 0.15) is 5.69 Å². The SMILES string of the molecule is FC(F)(F)c1ccc[c]n1. The zero-order valence-corrected chi connectivity index (χ0v) is 4.81. The molecule has 1 heterocycles. The molecule has 0 atom stereocenters. The van der Waals surface area contributed by atoms with Gasteiger partial charge < -0.3 is 0 Å². The fourth-order valence-corrected chi connectivity index (χ4v) is 0.484. The standard InChI is InChI=1S/C6H3F3N/c7-6(8,9)5-3-1-2-4-10-5/h1-3H. The molecule has 0 aromatic carbocycles. The monoisotopic (exact) mass is 146 g/mol. The normalized spacial score (nSPS) is 11.5. The van der Waals surface area contributed by atoms with Gasteiger partial charge in [0.05, 0.1) is 6.20 Å². The minimum absolute atomic E-state index is 0.899. The van der Waals surface area contributed by atoms with Gasteiger partial charge in [-0.25, -0.2) is 4.98 Å². The molecule has 1 aromatic rings. The van der Waals surface area contributed by atoms with Crippen LogP contribution in [0.3, 0.4) is 0 Å². The van der Waals surface area contributed by atoms with E-state index in [0.717, 1.165) is 6.07 Å². The third kappa shape index (κ3) is 1.46. The number of alkyl halides is 3. The van der Waals surface area contributed by atoms with Gasteiger partial charge in [0.25, 0.3) is 0 Å². The van der Waals surface area contributed by atoms with E-state index in [0.29, 0.717) is 0 Å². The molecule has 1 aromatic heterocycles. The first-order valence-corrected chi connectivity index (χ1v) is 2.51. The molecule has 0 aliphatic rings. The maximum Gasteiger partial charge on any atom is 0.433 e. The third-order valence-corrected chi connectivity index (χ3v) is 0.900. The van der Waals surface area contributed by atoms with Gasteiger partial charge in [0.15, 0.2) is 0 Å². The van der Waals surface area contributed by atoms with Crippen LogP contribution in [0.5, 0.6) is 0 Å². The van der Waals surface area contributed by atoms with Gasteiger partial charge in [-0.1, -0.05) is 6.07 Å². The van der Waals surface area contributed by atoms with Crippen LogP contribution in [0, 0.1) is 6.20 Å². The van der Waals surface area contributed by atoms with E-state index in [1.54, 1.807) is 0 Å². The number of rotatable bonds is 0. The summed E-state index contributed by atoms with van der Waals surface area (Å²) in [5, 5.41) is 0. The summed E-state index contributed by atoms with van der Waals surface area (Å²) in [5.41, 5.74) is -0.907. The van der Waals surface area contributed by atoms with Crippen molar-refractivity contribution in [3.8, 4) is 0 Å². The number of hydrogen-bond acceptors (Lipinski definition) is 1. The van der Waals surface area contributed by atoms with Gasteiger partial charge in [-0.05, 0) is 12.1 Å². The number of nitrogens with zero attached hydrogens (tertiary/aromatic N) is 1. The van der Waals surface area contributed by atoms with Crippen LogP contribution in [0.4, 0.5) is 13.2 Å². The molecule has 0 saturated carbocycles. The van der Waals surface area contributed by atoms with E-state index in [-0.39, 0.29) is 0 Å². The zero-order chi connectivity index (χ0) is 7.61. The van der Waals surface area contributed by atoms with Crippen LogP contribution >= 0.6 is 0 Å². The van der Waals surface area contributed by atoms with E-state index in [1.165, 1.54) is 12.1 Å². The average molecular weight is 146 g/mol. The lowest BCUT2D eigenvalue weighted by molar-refractivity contribution is -0.141. The van der Waals surface area contributed by atoms with E-state index in [2.05, 4.69) is 11.2 Å². The van der Waals surface area contributed by atoms with Crippen LogP contribution in [0.15, 0.2) is 18.2 Å². The summed E-state index contributed by atoms with van der Waals surface area (Å²) in [6.07, 6.45) is -2.25. The molecule has 0 fully saturated rings. The van der Waals surface area contributed by atoms with Gasteiger partial charge in [0, 0.05) is 0 Å². The summed E-state index contributed by atoms with van der Waals surface area (Å²) < 4.78 is 35.1. The zero-order valence-electron chi connectivity index (χ0n) is 4.81. The van der Waals surface area contributed by atoms with Crippen LogP contribution in [-0.2, 0) is 6.18 Å².